The Bertz CT molecular complexity index is 622. The van der Waals surface area contributed by atoms with Gasteiger partial charge in [-0.2, -0.15) is 0 Å². The minimum atomic E-state index is -1.39. The van der Waals surface area contributed by atoms with Gasteiger partial charge in [-0.3, -0.25) is 14.9 Å². The molecule has 1 fully saturated rings. The third-order valence-corrected chi connectivity index (χ3v) is 3.78. The van der Waals surface area contributed by atoms with Crippen molar-refractivity contribution in [1.82, 2.24) is 5.32 Å². The predicted octanol–water partition coefficient (Wildman–Crippen LogP) is 1.27. The summed E-state index contributed by atoms with van der Waals surface area (Å²) in [4.78, 5) is 34.1. The van der Waals surface area contributed by atoms with Gasteiger partial charge in [0, 0.05) is 43.2 Å². The van der Waals surface area contributed by atoms with Crippen LogP contribution in [0.25, 0.3) is 0 Å². The summed E-state index contributed by atoms with van der Waals surface area (Å²) in [6.45, 7) is 2.04. The van der Waals surface area contributed by atoms with Crippen molar-refractivity contribution in [3.05, 3.63) is 39.4 Å². The Hall–Kier alpha value is -2.48. The van der Waals surface area contributed by atoms with E-state index in [0.29, 0.717) is 5.56 Å². The van der Waals surface area contributed by atoms with E-state index in [4.69, 9.17) is 4.74 Å². The van der Waals surface area contributed by atoms with Gasteiger partial charge in [0.1, 0.15) is 5.54 Å². The van der Waals surface area contributed by atoms with Crippen molar-refractivity contribution in [2.45, 2.75) is 25.3 Å². The van der Waals surface area contributed by atoms with Gasteiger partial charge < -0.3 is 15.2 Å². The average molecular weight is 308 g/mol. The Kier molecular flexibility index (Phi) is 4.41. The Labute approximate surface area is 126 Å². The first-order chi connectivity index (χ1) is 10.4. The van der Waals surface area contributed by atoms with Crippen molar-refractivity contribution in [3.63, 3.8) is 0 Å². The second kappa shape index (κ2) is 6.10. The number of nitrogens with zero attached hydrogens (tertiary/aromatic N) is 1. The quantitative estimate of drug-likeness (QED) is 0.638. The lowest BCUT2D eigenvalue weighted by molar-refractivity contribution is -0.385. The molecule has 2 rings (SSSR count). The van der Waals surface area contributed by atoms with Gasteiger partial charge in [-0.15, -0.1) is 0 Å². The van der Waals surface area contributed by atoms with Crippen LogP contribution < -0.4 is 5.32 Å². The zero-order valence-corrected chi connectivity index (χ0v) is 12.0. The summed E-state index contributed by atoms with van der Waals surface area (Å²) in [5, 5.41) is 22.8. The molecule has 1 aliphatic heterocycles. The van der Waals surface area contributed by atoms with E-state index in [1.165, 1.54) is 12.1 Å². The molecule has 0 saturated carbocycles. The molecule has 0 aromatic heterocycles. The zero-order valence-electron chi connectivity index (χ0n) is 12.0. The smallest absolute Gasteiger partial charge is 0.329 e. The third-order valence-electron chi connectivity index (χ3n) is 3.78. The number of nitro groups is 1. The van der Waals surface area contributed by atoms with E-state index in [0.717, 1.165) is 6.07 Å². The van der Waals surface area contributed by atoms with Gasteiger partial charge in [0.25, 0.3) is 11.6 Å². The molecular formula is C14H16N2O6. The fourth-order valence-electron chi connectivity index (χ4n) is 2.35. The highest BCUT2D eigenvalue weighted by atomic mass is 16.6. The first kappa shape index (κ1) is 15.9. The monoisotopic (exact) mass is 308 g/mol. The van der Waals surface area contributed by atoms with Gasteiger partial charge in [-0.25, -0.2) is 4.79 Å². The van der Waals surface area contributed by atoms with Crippen LogP contribution in [0.1, 0.15) is 28.8 Å². The van der Waals surface area contributed by atoms with Crippen LogP contribution in [-0.4, -0.2) is 40.7 Å². The number of nitrogens with one attached hydrogen (secondary N) is 1. The number of hydrogen-bond acceptors (Lipinski definition) is 5. The third kappa shape index (κ3) is 3.06. The zero-order chi connectivity index (χ0) is 16.3. The number of carboxylic acids is 1. The number of aliphatic carboxylic acids is 1. The van der Waals surface area contributed by atoms with E-state index in [2.05, 4.69) is 5.32 Å². The van der Waals surface area contributed by atoms with E-state index in [1.807, 2.05) is 0 Å². The highest BCUT2D eigenvalue weighted by Gasteiger charge is 2.41. The maximum atomic E-state index is 12.3. The van der Waals surface area contributed by atoms with Crippen molar-refractivity contribution < 1.29 is 24.4 Å². The first-order valence-electron chi connectivity index (χ1n) is 6.74. The van der Waals surface area contributed by atoms with Crippen LogP contribution in [0.4, 0.5) is 5.69 Å². The molecule has 1 saturated heterocycles. The van der Waals surface area contributed by atoms with Gasteiger partial charge >= 0.3 is 5.97 Å². The fraction of sp³-hybridized carbons (Fsp3) is 0.429. The van der Waals surface area contributed by atoms with Crippen molar-refractivity contribution in [1.29, 1.82) is 0 Å². The molecule has 118 valence electrons. The molecule has 1 aliphatic rings. The summed E-state index contributed by atoms with van der Waals surface area (Å²) in [5.74, 6) is -1.78. The molecule has 8 heteroatoms. The van der Waals surface area contributed by atoms with Crippen LogP contribution >= 0.6 is 0 Å². The summed E-state index contributed by atoms with van der Waals surface area (Å²) in [6.07, 6.45) is 0.310. The number of carbonyl (C=O) groups excluding carboxylic acids is 1. The predicted molar refractivity (Wildman–Crippen MR) is 75.7 cm³/mol. The fourth-order valence-corrected chi connectivity index (χ4v) is 2.35. The van der Waals surface area contributed by atoms with E-state index >= 15 is 0 Å². The van der Waals surface area contributed by atoms with Crippen LogP contribution in [0.5, 0.6) is 0 Å². The summed E-state index contributed by atoms with van der Waals surface area (Å²) < 4.78 is 5.12. The number of benzene rings is 1. The second-order valence-corrected chi connectivity index (χ2v) is 5.21. The van der Waals surface area contributed by atoms with Crippen molar-refractivity contribution in [2.24, 2.45) is 0 Å². The van der Waals surface area contributed by atoms with E-state index in [9.17, 15) is 24.8 Å². The summed E-state index contributed by atoms with van der Waals surface area (Å²) >= 11 is 0. The van der Waals surface area contributed by atoms with E-state index in [-0.39, 0.29) is 37.3 Å². The number of ether oxygens (including phenoxy) is 1. The Morgan fingerprint density at radius 3 is 2.55 bits per heavy atom. The Morgan fingerprint density at radius 2 is 2.00 bits per heavy atom. The molecule has 0 aliphatic carbocycles. The van der Waals surface area contributed by atoms with Crippen LogP contribution in [0.3, 0.4) is 0 Å². The number of rotatable bonds is 4. The molecule has 1 aromatic rings. The summed E-state index contributed by atoms with van der Waals surface area (Å²) in [7, 11) is 0. The van der Waals surface area contributed by atoms with Crippen LogP contribution in [0.15, 0.2) is 18.2 Å². The lowest BCUT2D eigenvalue weighted by atomic mass is 9.89. The Morgan fingerprint density at radius 1 is 1.36 bits per heavy atom. The summed E-state index contributed by atoms with van der Waals surface area (Å²) in [6, 6.07) is 4.05. The summed E-state index contributed by atoms with van der Waals surface area (Å²) in [5.41, 5.74) is -1.08. The maximum Gasteiger partial charge on any atom is 0.329 e. The number of carboxylic acid groups (broad SMARTS) is 1. The number of aryl methyl sites for hydroxylation is 1. The van der Waals surface area contributed by atoms with Crippen LogP contribution in [0, 0.1) is 17.0 Å². The molecule has 0 spiro atoms. The largest absolute Gasteiger partial charge is 0.480 e. The van der Waals surface area contributed by atoms with Crippen LogP contribution in [-0.2, 0) is 9.53 Å². The normalized spacial score (nSPS) is 16.8. The van der Waals surface area contributed by atoms with Gasteiger partial charge in [0.2, 0.25) is 0 Å². The molecule has 8 nitrogen and oxygen atoms in total. The van der Waals surface area contributed by atoms with Gasteiger partial charge in [0.05, 0.1) is 4.92 Å². The minimum Gasteiger partial charge on any atom is -0.480 e. The average Bonchev–Trinajstić information content (AvgIpc) is 2.48. The maximum absolute atomic E-state index is 12.3. The van der Waals surface area contributed by atoms with Gasteiger partial charge in [0.15, 0.2) is 0 Å². The Balaban J connectivity index is 2.26. The molecule has 0 atom stereocenters. The number of hydrogen-bond donors (Lipinski definition) is 2. The molecule has 0 unspecified atom stereocenters. The SMILES string of the molecule is Cc1ccc(C(=O)NC2(C(=O)O)CCOCC2)cc1[N+](=O)[O-]. The first-order valence-corrected chi connectivity index (χ1v) is 6.74. The standard InChI is InChI=1S/C14H16N2O6/c1-9-2-3-10(8-11(9)16(20)21)12(17)15-14(13(18)19)4-6-22-7-5-14/h2-3,8H,4-7H2,1H3,(H,15,17)(H,18,19). The molecule has 0 radical (unpaired) electrons. The van der Waals surface area contributed by atoms with Crippen molar-refractivity contribution in [2.75, 3.05) is 13.2 Å². The lowest BCUT2D eigenvalue weighted by Crippen LogP contribution is -2.57. The minimum absolute atomic E-state index is 0.0596. The number of carbonyl (C=O) groups is 2. The van der Waals surface area contributed by atoms with E-state index in [1.54, 1.807) is 6.92 Å². The molecule has 2 N–H and O–H groups in total. The topological polar surface area (TPSA) is 119 Å². The van der Waals surface area contributed by atoms with Gasteiger partial charge in [-0.1, -0.05) is 6.07 Å². The molecule has 1 aromatic carbocycles. The van der Waals surface area contributed by atoms with Crippen LogP contribution in [0.2, 0.25) is 0 Å². The van der Waals surface area contributed by atoms with Gasteiger partial charge in [-0.05, 0) is 13.0 Å². The molecule has 22 heavy (non-hydrogen) atoms. The lowest BCUT2D eigenvalue weighted by Gasteiger charge is -2.33. The second-order valence-electron chi connectivity index (χ2n) is 5.21. The van der Waals surface area contributed by atoms with Crippen molar-refractivity contribution in [3.8, 4) is 0 Å². The van der Waals surface area contributed by atoms with Crippen molar-refractivity contribution >= 4 is 17.6 Å². The number of nitro benzene ring substituents is 1. The number of amides is 1. The molecule has 1 amide bonds. The highest BCUT2D eigenvalue weighted by Crippen LogP contribution is 2.23. The molecule has 1 heterocycles. The van der Waals surface area contributed by atoms with E-state index < -0.39 is 22.3 Å². The molecular weight excluding hydrogens is 292 g/mol. The highest BCUT2D eigenvalue weighted by molar-refractivity contribution is 5.98. The molecule has 0 bridgehead atoms.